The Balaban J connectivity index is 1.44. The minimum absolute atomic E-state index is 0.131. The number of aliphatic hydroxyl groups excluding tert-OH is 1. The summed E-state index contributed by atoms with van der Waals surface area (Å²) < 4.78 is 0. The van der Waals surface area contributed by atoms with E-state index in [0.29, 0.717) is 6.04 Å². The predicted molar refractivity (Wildman–Crippen MR) is 91.6 cm³/mol. The second-order valence-electron chi connectivity index (χ2n) is 6.71. The molecule has 1 aromatic heterocycles. The summed E-state index contributed by atoms with van der Waals surface area (Å²) >= 11 is 0. The van der Waals surface area contributed by atoms with Gasteiger partial charge in [0.05, 0.1) is 11.6 Å². The Morgan fingerprint density at radius 3 is 2.70 bits per heavy atom. The second kappa shape index (κ2) is 6.42. The molecule has 1 saturated heterocycles. The monoisotopic (exact) mass is 312 g/mol. The molecule has 23 heavy (non-hydrogen) atoms. The van der Waals surface area contributed by atoms with E-state index in [4.69, 9.17) is 0 Å². The van der Waals surface area contributed by atoms with E-state index < -0.39 is 0 Å². The molecule has 5 heteroatoms. The molecule has 0 bridgehead atoms. The Morgan fingerprint density at radius 2 is 1.87 bits per heavy atom. The van der Waals surface area contributed by atoms with Gasteiger partial charge in [0.2, 0.25) is 0 Å². The van der Waals surface area contributed by atoms with E-state index >= 15 is 0 Å². The summed E-state index contributed by atoms with van der Waals surface area (Å²) in [7, 11) is 0. The first-order valence-electron chi connectivity index (χ1n) is 8.68. The summed E-state index contributed by atoms with van der Waals surface area (Å²) in [6.45, 7) is 4.10. The average Bonchev–Trinajstić information content (AvgIpc) is 2.62. The molecule has 2 fully saturated rings. The van der Waals surface area contributed by atoms with Crippen molar-refractivity contribution in [2.24, 2.45) is 0 Å². The molecule has 2 aromatic rings. The van der Waals surface area contributed by atoms with E-state index in [2.05, 4.69) is 38.0 Å². The number of piperazine rings is 1. The molecule has 0 radical (unpaired) electrons. The lowest BCUT2D eigenvalue weighted by molar-refractivity contribution is 0.0173. The maximum atomic E-state index is 10.3. The van der Waals surface area contributed by atoms with Crippen molar-refractivity contribution in [3.8, 4) is 0 Å². The van der Waals surface area contributed by atoms with E-state index in [0.717, 1.165) is 49.9 Å². The van der Waals surface area contributed by atoms with Crippen molar-refractivity contribution in [3.63, 3.8) is 0 Å². The number of nitrogens with zero attached hydrogens (tertiary/aromatic N) is 4. The molecule has 4 rings (SSSR count). The Labute approximate surface area is 137 Å². The fraction of sp³-hybridized carbons (Fsp3) is 0.556. The zero-order valence-corrected chi connectivity index (χ0v) is 13.4. The van der Waals surface area contributed by atoms with Crippen LogP contribution in [0.3, 0.4) is 0 Å². The fourth-order valence-electron chi connectivity index (χ4n) is 4.00. The molecule has 1 aliphatic heterocycles. The molecule has 2 aliphatic rings. The molecule has 1 saturated carbocycles. The zero-order valence-electron chi connectivity index (χ0n) is 13.4. The molecule has 2 atom stereocenters. The predicted octanol–water partition coefficient (Wildman–Crippen LogP) is 2.06. The van der Waals surface area contributed by atoms with Crippen LogP contribution in [-0.2, 0) is 0 Å². The van der Waals surface area contributed by atoms with Crippen LogP contribution < -0.4 is 4.90 Å². The summed E-state index contributed by atoms with van der Waals surface area (Å²) in [5.74, 6) is 0. The molecule has 122 valence electrons. The summed E-state index contributed by atoms with van der Waals surface area (Å²) in [6.07, 6.45) is 7.89. The first kappa shape index (κ1) is 14.8. The molecule has 2 heterocycles. The van der Waals surface area contributed by atoms with Gasteiger partial charge >= 0.3 is 0 Å². The summed E-state index contributed by atoms with van der Waals surface area (Å²) in [6, 6.07) is 6.78. The topological polar surface area (TPSA) is 52.5 Å². The van der Waals surface area contributed by atoms with Gasteiger partial charge in [-0.05, 0) is 31.0 Å². The van der Waals surface area contributed by atoms with Crippen molar-refractivity contribution in [2.45, 2.75) is 37.8 Å². The van der Waals surface area contributed by atoms with Crippen molar-refractivity contribution >= 4 is 16.6 Å². The molecule has 5 nitrogen and oxygen atoms in total. The van der Waals surface area contributed by atoms with Crippen molar-refractivity contribution in [1.29, 1.82) is 0 Å². The number of fused-ring (bicyclic) bond motifs is 1. The number of anilines is 1. The first-order chi connectivity index (χ1) is 11.3. The van der Waals surface area contributed by atoms with Crippen molar-refractivity contribution < 1.29 is 5.11 Å². The highest BCUT2D eigenvalue weighted by Gasteiger charge is 2.30. The van der Waals surface area contributed by atoms with Gasteiger partial charge in [0.25, 0.3) is 0 Å². The SMILES string of the molecule is OC1CCCCC1N1CCN(c2ccc3ncncc3c2)CC1. The Morgan fingerprint density at radius 1 is 1.04 bits per heavy atom. The second-order valence-corrected chi connectivity index (χ2v) is 6.71. The first-order valence-corrected chi connectivity index (χ1v) is 8.68. The average molecular weight is 312 g/mol. The van der Waals surface area contributed by atoms with E-state index in [1.165, 1.54) is 18.5 Å². The van der Waals surface area contributed by atoms with Gasteiger partial charge in [-0.3, -0.25) is 4.90 Å². The maximum absolute atomic E-state index is 10.3. The molecule has 1 aromatic carbocycles. The van der Waals surface area contributed by atoms with Crippen LogP contribution in [0, 0.1) is 0 Å². The lowest BCUT2D eigenvalue weighted by atomic mass is 9.91. The van der Waals surface area contributed by atoms with Crippen LogP contribution in [0.25, 0.3) is 10.9 Å². The van der Waals surface area contributed by atoms with Crippen molar-refractivity contribution in [1.82, 2.24) is 14.9 Å². The Hall–Kier alpha value is -1.72. The van der Waals surface area contributed by atoms with E-state index in [1.807, 2.05) is 6.20 Å². The quantitative estimate of drug-likeness (QED) is 0.920. The highest BCUT2D eigenvalue weighted by Crippen LogP contribution is 2.26. The lowest BCUT2D eigenvalue weighted by Crippen LogP contribution is -2.54. The Kier molecular flexibility index (Phi) is 4.14. The fourth-order valence-corrected chi connectivity index (χ4v) is 4.00. The van der Waals surface area contributed by atoms with E-state index in [9.17, 15) is 5.11 Å². The number of benzene rings is 1. The number of hydrogen-bond donors (Lipinski definition) is 1. The third-order valence-corrected chi connectivity index (χ3v) is 5.33. The zero-order chi connectivity index (χ0) is 15.6. The molecule has 1 N–H and O–H groups in total. The van der Waals surface area contributed by atoms with Crippen LogP contribution in [0.4, 0.5) is 5.69 Å². The number of hydrogen-bond acceptors (Lipinski definition) is 5. The van der Waals surface area contributed by atoms with Crippen LogP contribution in [-0.4, -0.2) is 58.3 Å². The normalized spacial score (nSPS) is 26.6. The largest absolute Gasteiger partial charge is 0.391 e. The molecule has 0 spiro atoms. The minimum atomic E-state index is -0.131. The minimum Gasteiger partial charge on any atom is -0.391 e. The highest BCUT2D eigenvalue weighted by atomic mass is 16.3. The molecule has 1 aliphatic carbocycles. The van der Waals surface area contributed by atoms with Gasteiger partial charge in [-0.25, -0.2) is 9.97 Å². The molecular formula is C18H24N4O. The third-order valence-electron chi connectivity index (χ3n) is 5.33. The summed E-state index contributed by atoms with van der Waals surface area (Å²) in [5, 5.41) is 11.3. The van der Waals surface area contributed by atoms with Gasteiger partial charge in [-0.15, -0.1) is 0 Å². The van der Waals surface area contributed by atoms with Crippen LogP contribution in [0.15, 0.2) is 30.7 Å². The summed E-state index contributed by atoms with van der Waals surface area (Å²) in [5.41, 5.74) is 2.24. The van der Waals surface area contributed by atoms with Gasteiger partial charge < -0.3 is 10.0 Å². The number of aromatic nitrogens is 2. The van der Waals surface area contributed by atoms with Crippen molar-refractivity contribution in [2.75, 3.05) is 31.1 Å². The van der Waals surface area contributed by atoms with Crippen LogP contribution >= 0.6 is 0 Å². The highest BCUT2D eigenvalue weighted by molar-refractivity contribution is 5.81. The number of aliphatic hydroxyl groups is 1. The van der Waals surface area contributed by atoms with Gasteiger partial charge in [0.1, 0.15) is 6.33 Å². The molecule has 0 amide bonds. The van der Waals surface area contributed by atoms with Gasteiger partial charge in [-0.2, -0.15) is 0 Å². The van der Waals surface area contributed by atoms with Crippen LogP contribution in [0.1, 0.15) is 25.7 Å². The Bertz CT molecular complexity index is 669. The van der Waals surface area contributed by atoms with Crippen molar-refractivity contribution in [3.05, 3.63) is 30.7 Å². The third kappa shape index (κ3) is 3.03. The molecular weight excluding hydrogens is 288 g/mol. The van der Waals surface area contributed by atoms with Crippen LogP contribution in [0.2, 0.25) is 0 Å². The lowest BCUT2D eigenvalue weighted by Gasteiger charge is -2.43. The van der Waals surface area contributed by atoms with Gasteiger partial charge in [0, 0.05) is 49.5 Å². The van der Waals surface area contributed by atoms with Gasteiger partial charge in [-0.1, -0.05) is 12.8 Å². The standard InChI is InChI=1S/C18H24N4O/c23-18-4-2-1-3-17(18)22-9-7-21(8-10-22)15-5-6-16-14(11-15)12-19-13-20-16/h5-6,11-13,17-18,23H,1-4,7-10H2. The molecule has 2 unspecified atom stereocenters. The maximum Gasteiger partial charge on any atom is 0.116 e. The summed E-state index contributed by atoms with van der Waals surface area (Å²) in [4.78, 5) is 13.3. The van der Waals surface area contributed by atoms with E-state index in [-0.39, 0.29) is 6.10 Å². The smallest absolute Gasteiger partial charge is 0.116 e. The number of rotatable bonds is 2. The van der Waals surface area contributed by atoms with Crippen LogP contribution in [0.5, 0.6) is 0 Å². The van der Waals surface area contributed by atoms with Gasteiger partial charge in [0.15, 0.2) is 0 Å². The van der Waals surface area contributed by atoms with E-state index in [1.54, 1.807) is 6.33 Å².